The van der Waals surface area contributed by atoms with Crippen molar-refractivity contribution in [2.24, 2.45) is 0 Å². The highest BCUT2D eigenvalue weighted by atomic mass is 15.1. The van der Waals surface area contributed by atoms with Crippen LogP contribution in [0.4, 0.5) is 5.82 Å². The first kappa shape index (κ1) is 11.9. The van der Waals surface area contributed by atoms with Gasteiger partial charge in [-0.3, -0.25) is 9.88 Å². The Morgan fingerprint density at radius 2 is 2.07 bits per heavy atom. The third-order valence-corrected chi connectivity index (χ3v) is 2.39. The minimum Gasteiger partial charge on any atom is -0.382 e. The molecule has 1 aromatic heterocycles. The lowest BCUT2D eigenvalue weighted by atomic mass is 10.3. The van der Waals surface area contributed by atoms with Gasteiger partial charge in [0.1, 0.15) is 5.82 Å². The molecule has 0 aliphatic carbocycles. The average molecular weight is 208 g/mol. The number of unbranched alkanes of at least 4 members (excludes halogenated alkanes) is 1. The van der Waals surface area contributed by atoms with Crippen molar-refractivity contribution in [1.82, 2.24) is 14.9 Å². The molecule has 0 aromatic carbocycles. The quantitative estimate of drug-likeness (QED) is 0.772. The first-order chi connectivity index (χ1) is 7.26. The molecule has 0 radical (unpaired) electrons. The van der Waals surface area contributed by atoms with Gasteiger partial charge < -0.3 is 5.73 Å². The maximum absolute atomic E-state index is 5.48. The molecule has 0 aliphatic heterocycles. The molecule has 4 nitrogen and oxygen atoms in total. The summed E-state index contributed by atoms with van der Waals surface area (Å²) in [6.07, 6.45) is 5.83. The van der Waals surface area contributed by atoms with E-state index in [0.717, 1.165) is 25.3 Å². The summed E-state index contributed by atoms with van der Waals surface area (Å²) in [5.74, 6) is 0.482. The summed E-state index contributed by atoms with van der Waals surface area (Å²) in [6.45, 7) is 7.41. The predicted octanol–water partition coefficient (Wildman–Crippen LogP) is 1.68. The third kappa shape index (κ3) is 4.25. The van der Waals surface area contributed by atoms with Crippen LogP contribution in [0.15, 0.2) is 12.4 Å². The second-order valence-electron chi connectivity index (χ2n) is 3.65. The molecule has 1 rings (SSSR count). The summed E-state index contributed by atoms with van der Waals surface area (Å²) in [7, 11) is 0. The van der Waals surface area contributed by atoms with Crippen molar-refractivity contribution >= 4 is 5.82 Å². The van der Waals surface area contributed by atoms with E-state index in [9.17, 15) is 0 Å². The van der Waals surface area contributed by atoms with Gasteiger partial charge in [-0.2, -0.15) is 0 Å². The first-order valence-corrected chi connectivity index (χ1v) is 5.55. The summed E-state index contributed by atoms with van der Waals surface area (Å²) >= 11 is 0. The fraction of sp³-hybridized carbons (Fsp3) is 0.636. The van der Waals surface area contributed by atoms with E-state index >= 15 is 0 Å². The molecule has 0 amide bonds. The minimum atomic E-state index is 0.482. The average Bonchev–Trinajstić information content (AvgIpc) is 2.27. The van der Waals surface area contributed by atoms with Crippen LogP contribution in [0.5, 0.6) is 0 Å². The summed E-state index contributed by atoms with van der Waals surface area (Å²) in [6, 6.07) is 0. The van der Waals surface area contributed by atoms with Crippen molar-refractivity contribution in [2.45, 2.75) is 33.2 Å². The Kier molecular flexibility index (Phi) is 5.04. The van der Waals surface area contributed by atoms with Crippen LogP contribution in [0.25, 0.3) is 0 Å². The van der Waals surface area contributed by atoms with E-state index in [2.05, 4.69) is 28.7 Å². The van der Waals surface area contributed by atoms with E-state index in [-0.39, 0.29) is 0 Å². The lowest BCUT2D eigenvalue weighted by Crippen LogP contribution is -2.24. The van der Waals surface area contributed by atoms with Gasteiger partial charge >= 0.3 is 0 Å². The van der Waals surface area contributed by atoms with Crippen LogP contribution in [0.3, 0.4) is 0 Å². The Morgan fingerprint density at radius 1 is 1.27 bits per heavy atom. The molecule has 4 heteroatoms. The fourth-order valence-corrected chi connectivity index (χ4v) is 1.41. The number of hydrogen-bond acceptors (Lipinski definition) is 4. The molecule has 0 aliphatic rings. The van der Waals surface area contributed by atoms with Crippen LogP contribution >= 0.6 is 0 Å². The molecule has 0 saturated carbocycles. The largest absolute Gasteiger partial charge is 0.382 e. The molecule has 0 unspecified atom stereocenters. The topological polar surface area (TPSA) is 55.0 Å². The SMILES string of the molecule is CCCCN(CC)Cc1cnc(N)cn1. The number of nitrogens with zero attached hydrogens (tertiary/aromatic N) is 3. The number of hydrogen-bond donors (Lipinski definition) is 1. The van der Waals surface area contributed by atoms with Gasteiger partial charge in [0, 0.05) is 6.54 Å². The second-order valence-corrected chi connectivity index (χ2v) is 3.65. The standard InChI is InChI=1S/C11H20N4/c1-3-5-6-15(4-2)9-10-7-14-11(12)8-13-10/h7-8H,3-6,9H2,1-2H3,(H2,12,14). The second kappa shape index (κ2) is 6.35. The number of aromatic nitrogens is 2. The molecule has 15 heavy (non-hydrogen) atoms. The van der Waals surface area contributed by atoms with E-state index < -0.39 is 0 Å². The van der Waals surface area contributed by atoms with Crippen molar-refractivity contribution in [1.29, 1.82) is 0 Å². The van der Waals surface area contributed by atoms with Gasteiger partial charge in [0.05, 0.1) is 18.1 Å². The molecule has 0 spiro atoms. The highest BCUT2D eigenvalue weighted by Crippen LogP contribution is 2.03. The Bertz CT molecular complexity index is 270. The van der Waals surface area contributed by atoms with Crippen molar-refractivity contribution in [3.63, 3.8) is 0 Å². The summed E-state index contributed by atoms with van der Waals surface area (Å²) < 4.78 is 0. The Morgan fingerprint density at radius 3 is 2.60 bits per heavy atom. The smallest absolute Gasteiger partial charge is 0.141 e. The number of anilines is 1. The van der Waals surface area contributed by atoms with Gasteiger partial charge in [-0.05, 0) is 19.5 Å². The van der Waals surface area contributed by atoms with Crippen LogP contribution < -0.4 is 5.73 Å². The normalized spacial score (nSPS) is 10.9. The molecule has 1 aromatic rings. The van der Waals surface area contributed by atoms with E-state index in [1.54, 1.807) is 12.4 Å². The van der Waals surface area contributed by atoms with Gasteiger partial charge in [0.2, 0.25) is 0 Å². The van der Waals surface area contributed by atoms with E-state index in [1.807, 2.05) is 0 Å². The van der Waals surface area contributed by atoms with E-state index in [4.69, 9.17) is 5.73 Å². The predicted molar refractivity (Wildman–Crippen MR) is 62.3 cm³/mol. The maximum Gasteiger partial charge on any atom is 0.141 e. The van der Waals surface area contributed by atoms with Crippen LogP contribution in [0.2, 0.25) is 0 Å². The Hall–Kier alpha value is -1.16. The molecule has 1 heterocycles. The molecular formula is C11H20N4. The van der Waals surface area contributed by atoms with Gasteiger partial charge in [0.15, 0.2) is 0 Å². The molecule has 84 valence electrons. The summed E-state index contributed by atoms with van der Waals surface area (Å²) in [4.78, 5) is 10.6. The highest BCUT2D eigenvalue weighted by Gasteiger charge is 2.04. The van der Waals surface area contributed by atoms with Gasteiger partial charge in [0.25, 0.3) is 0 Å². The summed E-state index contributed by atoms with van der Waals surface area (Å²) in [5, 5.41) is 0. The lowest BCUT2D eigenvalue weighted by Gasteiger charge is -2.19. The zero-order valence-electron chi connectivity index (χ0n) is 9.61. The maximum atomic E-state index is 5.48. The molecule has 0 bridgehead atoms. The van der Waals surface area contributed by atoms with Crippen molar-refractivity contribution < 1.29 is 0 Å². The highest BCUT2D eigenvalue weighted by molar-refractivity contribution is 5.22. The van der Waals surface area contributed by atoms with E-state index in [0.29, 0.717) is 5.82 Å². The number of nitrogen functional groups attached to an aromatic ring is 1. The van der Waals surface area contributed by atoms with Crippen molar-refractivity contribution in [2.75, 3.05) is 18.8 Å². The zero-order valence-corrected chi connectivity index (χ0v) is 9.61. The fourth-order valence-electron chi connectivity index (χ4n) is 1.41. The van der Waals surface area contributed by atoms with Crippen LogP contribution in [0.1, 0.15) is 32.4 Å². The van der Waals surface area contributed by atoms with Crippen LogP contribution in [0, 0.1) is 0 Å². The van der Waals surface area contributed by atoms with Gasteiger partial charge in [-0.25, -0.2) is 4.98 Å². The minimum absolute atomic E-state index is 0.482. The monoisotopic (exact) mass is 208 g/mol. The van der Waals surface area contributed by atoms with Crippen molar-refractivity contribution in [3.8, 4) is 0 Å². The summed E-state index contributed by atoms with van der Waals surface area (Å²) in [5.41, 5.74) is 6.47. The number of nitrogens with two attached hydrogens (primary N) is 1. The molecule has 0 saturated heterocycles. The van der Waals surface area contributed by atoms with Crippen LogP contribution in [-0.2, 0) is 6.54 Å². The number of rotatable bonds is 6. The molecule has 0 fully saturated rings. The van der Waals surface area contributed by atoms with Crippen molar-refractivity contribution in [3.05, 3.63) is 18.1 Å². The van der Waals surface area contributed by atoms with Crippen LogP contribution in [-0.4, -0.2) is 28.0 Å². The molecule has 0 atom stereocenters. The third-order valence-electron chi connectivity index (χ3n) is 2.39. The van der Waals surface area contributed by atoms with Gasteiger partial charge in [-0.15, -0.1) is 0 Å². The Labute approximate surface area is 91.5 Å². The van der Waals surface area contributed by atoms with E-state index in [1.165, 1.54) is 12.8 Å². The first-order valence-electron chi connectivity index (χ1n) is 5.55. The molecule has 2 N–H and O–H groups in total. The Balaban J connectivity index is 2.47. The zero-order chi connectivity index (χ0) is 11.1. The lowest BCUT2D eigenvalue weighted by molar-refractivity contribution is 0.272. The molecular weight excluding hydrogens is 188 g/mol. The van der Waals surface area contributed by atoms with Gasteiger partial charge in [-0.1, -0.05) is 20.3 Å².